The van der Waals surface area contributed by atoms with Gasteiger partial charge < -0.3 is 0 Å². The molecule has 0 aliphatic heterocycles. The minimum atomic E-state index is -0.205. The van der Waals surface area contributed by atoms with Gasteiger partial charge in [-0.3, -0.25) is 0 Å². The maximum Gasteiger partial charge on any atom is 0.126 e. The molecule has 148 valence electrons. The molecule has 2 heteroatoms. The van der Waals surface area contributed by atoms with Crippen LogP contribution in [0.2, 0.25) is 0 Å². The summed E-state index contributed by atoms with van der Waals surface area (Å²) in [5.41, 5.74) is 5.00. The van der Waals surface area contributed by atoms with Gasteiger partial charge in [-0.2, -0.15) is 0 Å². The van der Waals surface area contributed by atoms with Crippen LogP contribution >= 0.6 is 0 Å². The average molecular weight is 396 g/mol. The summed E-state index contributed by atoms with van der Waals surface area (Å²) in [5, 5.41) is 2.22. The van der Waals surface area contributed by atoms with Crippen LogP contribution in [0, 0.1) is 25.5 Å². The Morgan fingerprint density at radius 3 is 1.47 bits per heavy atom. The Bertz CT molecular complexity index is 1180. The molecule has 0 nitrogen and oxygen atoms in total. The summed E-state index contributed by atoms with van der Waals surface area (Å²) in [5.74, 6) is -0.409. The van der Waals surface area contributed by atoms with Gasteiger partial charge >= 0.3 is 0 Å². The van der Waals surface area contributed by atoms with Crippen molar-refractivity contribution in [2.24, 2.45) is 0 Å². The summed E-state index contributed by atoms with van der Waals surface area (Å²) in [6.45, 7) is 3.51. The van der Waals surface area contributed by atoms with Crippen molar-refractivity contribution in [1.82, 2.24) is 0 Å². The van der Waals surface area contributed by atoms with Crippen LogP contribution in [0.25, 0.3) is 35.1 Å². The number of aryl methyl sites for hydroxylation is 2. The van der Waals surface area contributed by atoms with Gasteiger partial charge in [0.05, 0.1) is 0 Å². The number of fused-ring (bicyclic) bond motifs is 1. The minimum Gasteiger partial charge on any atom is -0.207 e. The molecule has 0 spiro atoms. The first-order valence-electron chi connectivity index (χ1n) is 9.91. The number of hydrogen-bond acceptors (Lipinski definition) is 0. The molecule has 0 saturated carbocycles. The van der Waals surface area contributed by atoms with Crippen LogP contribution < -0.4 is 0 Å². The zero-order chi connectivity index (χ0) is 21.1. The molecule has 0 unspecified atom stereocenters. The first kappa shape index (κ1) is 19.8. The molecule has 0 radical (unpaired) electrons. The Balaban J connectivity index is 1.74. The second kappa shape index (κ2) is 8.46. The third-order valence-electron chi connectivity index (χ3n) is 5.27. The summed E-state index contributed by atoms with van der Waals surface area (Å²) >= 11 is 0. The van der Waals surface area contributed by atoms with E-state index in [0.29, 0.717) is 11.1 Å². The van der Waals surface area contributed by atoms with E-state index in [4.69, 9.17) is 0 Å². The van der Waals surface area contributed by atoms with E-state index in [1.807, 2.05) is 60.7 Å². The third-order valence-corrected chi connectivity index (χ3v) is 5.27. The van der Waals surface area contributed by atoms with Gasteiger partial charge in [-0.1, -0.05) is 85.0 Å². The van der Waals surface area contributed by atoms with Crippen molar-refractivity contribution < 1.29 is 8.78 Å². The van der Waals surface area contributed by atoms with Gasteiger partial charge in [0.25, 0.3) is 0 Å². The van der Waals surface area contributed by atoms with E-state index in [-0.39, 0.29) is 11.6 Å². The third kappa shape index (κ3) is 4.23. The maximum atomic E-state index is 13.9. The van der Waals surface area contributed by atoms with Crippen molar-refractivity contribution in [3.05, 3.63) is 118 Å². The number of hydrogen-bond donors (Lipinski definition) is 0. The van der Waals surface area contributed by atoms with Gasteiger partial charge in [0.1, 0.15) is 11.6 Å². The first-order valence-corrected chi connectivity index (χ1v) is 9.91. The highest BCUT2D eigenvalue weighted by Gasteiger charge is 2.04. The van der Waals surface area contributed by atoms with Crippen molar-refractivity contribution >= 4 is 35.1 Å². The second-order valence-corrected chi connectivity index (χ2v) is 7.48. The largest absolute Gasteiger partial charge is 0.207 e. The fourth-order valence-corrected chi connectivity index (χ4v) is 3.48. The van der Waals surface area contributed by atoms with E-state index in [0.717, 1.165) is 33.0 Å². The van der Waals surface area contributed by atoms with Crippen molar-refractivity contribution in [2.75, 3.05) is 0 Å². The molecule has 0 bridgehead atoms. The van der Waals surface area contributed by atoms with Crippen molar-refractivity contribution in [1.29, 1.82) is 0 Å². The molecule has 4 rings (SSSR count). The molecule has 4 aromatic carbocycles. The highest BCUT2D eigenvalue weighted by atomic mass is 19.1. The molecule has 0 fully saturated rings. The average Bonchev–Trinajstić information content (AvgIpc) is 2.75. The van der Waals surface area contributed by atoms with E-state index in [9.17, 15) is 8.78 Å². The Morgan fingerprint density at radius 1 is 0.567 bits per heavy atom. The van der Waals surface area contributed by atoms with Crippen molar-refractivity contribution in [3.63, 3.8) is 0 Å². The Labute approximate surface area is 175 Å². The van der Waals surface area contributed by atoms with Crippen LogP contribution in [-0.4, -0.2) is 0 Å². The molecule has 0 saturated heterocycles. The van der Waals surface area contributed by atoms with Crippen molar-refractivity contribution in [2.45, 2.75) is 13.8 Å². The molecule has 0 aromatic heterocycles. The van der Waals surface area contributed by atoms with E-state index >= 15 is 0 Å². The van der Waals surface area contributed by atoms with Crippen molar-refractivity contribution in [3.8, 4) is 0 Å². The fourth-order valence-electron chi connectivity index (χ4n) is 3.48. The molecule has 0 N–H and O–H groups in total. The van der Waals surface area contributed by atoms with E-state index in [2.05, 4.69) is 12.1 Å². The highest BCUT2D eigenvalue weighted by Crippen LogP contribution is 2.27. The molecule has 30 heavy (non-hydrogen) atoms. The molecule has 0 heterocycles. The summed E-state index contributed by atoms with van der Waals surface area (Å²) in [7, 11) is 0. The SMILES string of the molecule is Cc1ccc(/C=C/c2cccc3cccc(/C=C/c4ccc(C)c(F)c4)c23)cc1F. The van der Waals surface area contributed by atoms with Crippen LogP contribution in [0.4, 0.5) is 8.78 Å². The minimum absolute atomic E-state index is 0.205. The van der Waals surface area contributed by atoms with Gasteiger partial charge in [-0.15, -0.1) is 0 Å². The summed E-state index contributed by atoms with van der Waals surface area (Å²) < 4.78 is 27.7. The van der Waals surface area contributed by atoms with Crippen LogP contribution in [-0.2, 0) is 0 Å². The quantitative estimate of drug-likeness (QED) is 0.306. The number of rotatable bonds is 4. The second-order valence-electron chi connectivity index (χ2n) is 7.48. The maximum absolute atomic E-state index is 13.9. The molecule has 0 aliphatic carbocycles. The fraction of sp³-hybridized carbons (Fsp3) is 0.0714. The van der Waals surface area contributed by atoms with Crippen LogP contribution in [0.1, 0.15) is 33.4 Å². The Hall–Kier alpha value is -3.52. The molecule has 4 aromatic rings. The zero-order valence-corrected chi connectivity index (χ0v) is 17.0. The lowest BCUT2D eigenvalue weighted by Crippen LogP contribution is -1.85. The highest BCUT2D eigenvalue weighted by molar-refractivity contribution is 5.99. The smallest absolute Gasteiger partial charge is 0.126 e. The normalized spacial score (nSPS) is 11.7. The predicted molar refractivity (Wildman–Crippen MR) is 124 cm³/mol. The van der Waals surface area contributed by atoms with Gasteiger partial charge in [0.15, 0.2) is 0 Å². The van der Waals surface area contributed by atoms with E-state index in [1.54, 1.807) is 38.1 Å². The van der Waals surface area contributed by atoms with Crippen LogP contribution in [0.3, 0.4) is 0 Å². The Kier molecular flexibility index (Phi) is 5.58. The standard InChI is InChI=1S/C28H22F2/c1-19-9-11-21(17-26(19)29)13-15-24-7-3-5-23-6-4-8-25(28(23)24)16-14-22-12-10-20(2)27(30)18-22/h3-18H,1-2H3/b15-13+,16-14+. The van der Waals surface area contributed by atoms with Crippen LogP contribution in [0.15, 0.2) is 72.8 Å². The van der Waals surface area contributed by atoms with Gasteiger partial charge in [0.2, 0.25) is 0 Å². The molecule has 0 aliphatic rings. The lowest BCUT2D eigenvalue weighted by Gasteiger charge is -2.07. The summed E-state index contributed by atoms with van der Waals surface area (Å²) in [6, 6.07) is 22.7. The van der Waals surface area contributed by atoms with Crippen LogP contribution in [0.5, 0.6) is 0 Å². The summed E-state index contributed by atoms with van der Waals surface area (Å²) in [4.78, 5) is 0. The molecule has 0 atom stereocenters. The lowest BCUT2D eigenvalue weighted by atomic mass is 9.97. The van der Waals surface area contributed by atoms with Gasteiger partial charge in [-0.05, 0) is 70.1 Å². The zero-order valence-electron chi connectivity index (χ0n) is 17.0. The van der Waals surface area contributed by atoms with E-state index in [1.165, 1.54) is 0 Å². The molecular weight excluding hydrogens is 374 g/mol. The predicted octanol–water partition coefficient (Wildman–Crippen LogP) is 8.08. The monoisotopic (exact) mass is 396 g/mol. The number of halogens is 2. The number of benzene rings is 4. The topological polar surface area (TPSA) is 0 Å². The van der Waals surface area contributed by atoms with Gasteiger partial charge in [-0.25, -0.2) is 8.78 Å². The first-order chi connectivity index (χ1) is 14.5. The summed E-state index contributed by atoms with van der Waals surface area (Å²) in [6.07, 6.45) is 7.87. The molecule has 0 amide bonds. The van der Waals surface area contributed by atoms with Gasteiger partial charge in [0, 0.05) is 0 Å². The lowest BCUT2D eigenvalue weighted by molar-refractivity contribution is 0.618. The molecular formula is C28H22F2. The Morgan fingerprint density at radius 2 is 1.03 bits per heavy atom. The van der Waals surface area contributed by atoms with E-state index < -0.39 is 0 Å².